The molecule has 1 atom stereocenters. The average Bonchev–Trinajstić information content (AvgIpc) is 2.58. The van der Waals surface area contributed by atoms with Crippen molar-refractivity contribution in [2.24, 2.45) is 11.3 Å². The number of hydrogen-bond donors (Lipinski definition) is 0. The van der Waals surface area contributed by atoms with Gasteiger partial charge in [-0.3, -0.25) is 9.59 Å². The number of carbonyl (C=O) groups excluding carboxylic acids is 2. The van der Waals surface area contributed by atoms with Gasteiger partial charge in [-0.25, -0.2) is 0 Å². The van der Waals surface area contributed by atoms with Crippen LogP contribution < -0.4 is 0 Å². The number of piperidine rings is 1. The van der Waals surface area contributed by atoms with Gasteiger partial charge >= 0.3 is 6.18 Å². The van der Waals surface area contributed by atoms with Crippen LogP contribution in [0.15, 0.2) is 24.3 Å². The van der Waals surface area contributed by atoms with Gasteiger partial charge in [-0.2, -0.15) is 13.2 Å². The number of amides is 2. The highest BCUT2D eigenvalue weighted by atomic mass is 19.4. The second-order valence-corrected chi connectivity index (χ2v) is 8.83. The first-order chi connectivity index (χ1) is 12.9. The van der Waals surface area contributed by atoms with Crippen LogP contribution in [-0.4, -0.2) is 54.0 Å². The van der Waals surface area contributed by atoms with E-state index in [4.69, 9.17) is 0 Å². The number of likely N-dealkylation sites (tertiary alicyclic amines) is 1. The smallest absolute Gasteiger partial charge is 0.338 e. The van der Waals surface area contributed by atoms with E-state index in [0.29, 0.717) is 24.9 Å². The van der Waals surface area contributed by atoms with E-state index in [9.17, 15) is 22.8 Å². The van der Waals surface area contributed by atoms with Gasteiger partial charge in [0.05, 0.1) is 5.92 Å². The molecule has 28 heavy (non-hydrogen) atoms. The van der Waals surface area contributed by atoms with Crippen molar-refractivity contribution in [3.05, 3.63) is 35.4 Å². The lowest BCUT2D eigenvalue weighted by Crippen LogP contribution is -2.50. The zero-order chi connectivity index (χ0) is 21.1. The largest absolute Gasteiger partial charge is 0.406 e. The third kappa shape index (κ3) is 6.53. The lowest BCUT2D eigenvalue weighted by molar-refractivity contribution is -0.166. The molecule has 0 spiro atoms. The minimum atomic E-state index is -4.45. The number of nitrogens with zero attached hydrogens (tertiary/aromatic N) is 2. The van der Waals surface area contributed by atoms with Gasteiger partial charge in [0.25, 0.3) is 5.91 Å². The third-order valence-corrected chi connectivity index (χ3v) is 4.70. The molecule has 4 nitrogen and oxygen atoms in total. The van der Waals surface area contributed by atoms with E-state index in [1.54, 1.807) is 37.8 Å². The summed E-state index contributed by atoms with van der Waals surface area (Å²) in [7, 11) is 0. The summed E-state index contributed by atoms with van der Waals surface area (Å²) >= 11 is 0. The molecule has 1 saturated heterocycles. The average molecular weight is 398 g/mol. The quantitative estimate of drug-likeness (QED) is 0.759. The molecule has 1 heterocycles. The molecule has 0 N–H and O–H groups in total. The predicted octanol–water partition coefficient (Wildman–Crippen LogP) is 4.28. The van der Waals surface area contributed by atoms with Crippen LogP contribution in [0.5, 0.6) is 0 Å². The minimum Gasteiger partial charge on any atom is -0.338 e. The second kappa shape index (κ2) is 8.53. The fraction of sp³-hybridized carbons (Fsp3) is 0.619. The zero-order valence-electron chi connectivity index (χ0n) is 17.0. The molecule has 0 bridgehead atoms. The summed E-state index contributed by atoms with van der Waals surface area (Å²) in [4.78, 5) is 28.1. The van der Waals surface area contributed by atoms with E-state index >= 15 is 0 Å². The van der Waals surface area contributed by atoms with Gasteiger partial charge < -0.3 is 9.80 Å². The van der Waals surface area contributed by atoms with E-state index in [2.05, 4.69) is 0 Å². The molecule has 0 saturated carbocycles. The van der Waals surface area contributed by atoms with Crippen molar-refractivity contribution in [1.29, 1.82) is 0 Å². The summed E-state index contributed by atoms with van der Waals surface area (Å²) in [6.07, 6.45) is -3.36. The Labute approximate surface area is 164 Å². The van der Waals surface area contributed by atoms with Crippen molar-refractivity contribution in [3.63, 3.8) is 0 Å². The van der Waals surface area contributed by atoms with E-state index in [1.807, 2.05) is 19.1 Å². The van der Waals surface area contributed by atoms with Crippen LogP contribution in [-0.2, 0) is 4.79 Å². The zero-order valence-corrected chi connectivity index (χ0v) is 17.0. The van der Waals surface area contributed by atoms with E-state index in [-0.39, 0.29) is 19.0 Å². The van der Waals surface area contributed by atoms with Crippen molar-refractivity contribution in [1.82, 2.24) is 9.80 Å². The fourth-order valence-electron chi connectivity index (χ4n) is 3.50. The summed E-state index contributed by atoms with van der Waals surface area (Å²) in [5.41, 5.74) is 1.11. The SMILES string of the molecule is Cc1ccc(C(=O)N2CCCC(C(=O)N(CC(C)(C)C)CC(F)(F)F)C2)cc1. The lowest BCUT2D eigenvalue weighted by Gasteiger charge is -2.37. The summed E-state index contributed by atoms with van der Waals surface area (Å²) in [6.45, 7) is 6.76. The molecule has 0 radical (unpaired) electrons. The number of aryl methyl sites for hydroxylation is 1. The van der Waals surface area contributed by atoms with Crippen LogP contribution in [0.3, 0.4) is 0 Å². The number of rotatable bonds is 4. The first-order valence-corrected chi connectivity index (χ1v) is 9.57. The van der Waals surface area contributed by atoms with Gasteiger partial charge in [0, 0.05) is 25.2 Å². The predicted molar refractivity (Wildman–Crippen MR) is 102 cm³/mol. The summed E-state index contributed by atoms with van der Waals surface area (Å²) in [5.74, 6) is -1.31. The number of benzene rings is 1. The maximum atomic E-state index is 13.0. The molecule has 1 unspecified atom stereocenters. The van der Waals surface area contributed by atoms with Crippen molar-refractivity contribution in [2.45, 2.75) is 46.7 Å². The van der Waals surface area contributed by atoms with Gasteiger partial charge in [-0.05, 0) is 37.3 Å². The monoisotopic (exact) mass is 398 g/mol. The van der Waals surface area contributed by atoms with Crippen molar-refractivity contribution in [2.75, 3.05) is 26.2 Å². The highest BCUT2D eigenvalue weighted by Gasteiger charge is 2.38. The molecule has 1 fully saturated rings. The Morgan fingerprint density at radius 3 is 2.25 bits per heavy atom. The van der Waals surface area contributed by atoms with Crippen LogP contribution in [0, 0.1) is 18.3 Å². The first-order valence-electron chi connectivity index (χ1n) is 9.57. The third-order valence-electron chi connectivity index (χ3n) is 4.70. The number of carbonyl (C=O) groups is 2. The molecule has 0 aliphatic carbocycles. The molecule has 1 aliphatic rings. The Kier molecular flexibility index (Phi) is 6.78. The molecule has 1 aliphatic heterocycles. The Morgan fingerprint density at radius 1 is 1.11 bits per heavy atom. The highest BCUT2D eigenvalue weighted by molar-refractivity contribution is 5.94. The molecular formula is C21H29F3N2O2. The topological polar surface area (TPSA) is 40.6 Å². The van der Waals surface area contributed by atoms with Crippen LogP contribution in [0.2, 0.25) is 0 Å². The fourth-order valence-corrected chi connectivity index (χ4v) is 3.50. The second-order valence-electron chi connectivity index (χ2n) is 8.83. The van der Waals surface area contributed by atoms with E-state index in [1.165, 1.54) is 0 Å². The number of halogens is 3. The highest BCUT2D eigenvalue weighted by Crippen LogP contribution is 2.26. The molecule has 1 aromatic rings. The molecule has 2 rings (SSSR count). The van der Waals surface area contributed by atoms with Crippen LogP contribution in [0.1, 0.15) is 49.5 Å². The van der Waals surface area contributed by atoms with Crippen LogP contribution >= 0.6 is 0 Å². The summed E-state index contributed by atoms with van der Waals surface area (Å²) < 4.78 is 39.0. The van der Waals surface area contributed by atoms with Crippen molar-refractivity contribution >= 4 is 11.8 Å². The van der Waals surface area contributed by atoms with Gasteiger partial charge in [0.2, 0.25) is 5.91 Å². The molecule has 1 aromatic carbocycles. The summed E-state index contributed by atoms with van der Waals surface area (Å²) in [6, 6.07) is 7.15. The Morgan fingerprint density at radius 2 is 1.71 bits per heavy atom. The maximum absolute atomic E-state index is 13.0. The Balaban J connectivity index is 2.12. The van der Waals surface area contributed by atoms with Crippen molar-refractivity contribution in [3.8, 4) is 0 Å². The lowest BCUT2D eigenvalue weighted by atomic mass is 9.92. The molecule has 0 aromatic heterocycles. The standard InChI is InChI=1S/C21H29F3N2O2/c1-15-7-9-16(10-8-15)18(27)25-11-5-6-17(12-25)19(28)26(13-20(2,3)4)14-21(22,23)24/h7-10,17H,5-6,11-14H2,1-4H3. The normalized spacial score (nSPS) is 18.1. The van der Waals surface area contributed by atoms with Crippen LogP contribution in [0.25, 0.3) is 0 Å². The number of alkyl halides is 3. The first kappa shape index (κ1) is 22.2. The van der Waals surface area contributed by atoms with Gasteiger partial charge in [-0.15, -0.1) is 0 Å². The molecular weight excluding hydrogens is 369 g/mol. The molecule has 7 heteroatoms. The number of hydrogen-bond acceptors (Lipinski definition) is 2. The van der Waals surface area contributed by atoms with Crippen LogP contribution in [0.4, 0.5) is 13.2 Å². The van der Waals surface area contributed by atoms with Gasteiger partial charge in [0.1, 0.15) is 6.54 Å². The molecule has 2 amide bonds. The van der Waals surface area contributed by atoms with E-state index in [0.717, 1.165) is 10.5 Å². The van der Waals surface area contributed by atoms with E-state index < -0.39 is 30.0 Å². The van der Waals surface area contributed by atoms with Gasteiger partial charge in [-0.1, -0.05) is 38.5 Å². The van der Waals surface area contributed by atoms with Crippen molar-refractivity contribution < 1.29 is 22.8 Å². The minimum absolute atomic E-state index is 0.0216. The Bertz CT molecular complexity index is 677. The summed E-state index contributed by atoms with van der Waals surface area (Å²) in [5, 5.41) is 0. The maximum Gasteiger partial charge on any atom is 0.406 e. The van der Waals surface area contributed by atoms with Gasteiger partial charge in [0.15, 0.2) is 0 Å². The Hall–Kier alpha value is -2.05. The molecule has 156 valence electrons.